The molecule has 0 unspecified atom stereocenters. The van der Waals surface area contributed by atoms with Crippen LogP contribution >= 0.6 is 23.2 Å². The van der Waals surface area contributed by atoms with Gasteiger partial charge in [0.15, 0.2) is 0 Å². The highest BCUT2D eigenvalue weighted by Crippen LogP contribution is 2.27. The van der Waals surface area contributed by atoms with E-state index in [4.69, 9.17) is 23.2 Å². The monoisotopic (exact) mass is 394 g/mol. The lowest BCUT2D eigenvalue weighted by atomic mass is 9.95. The second kappa shape index (κ2) is 8.01. The minimum atomic E-state index is -0.167. The summed E-state index contributed by atoms with van der Waals surface area (Å²) in [5, 5.41) is 1.19. The lowest BCUT2D eigenvalue weighted by Gasteiger charge is -2.36. The van der Waals surface area contributed by atoms with Crippen molar-refractivity contribution in [2.75, 3.05) is 26.2 Å². The van der Waals surface area contributed by atoms with Crippen LogP contribution in [-0.4, -0.2) is 47.8 Å². The zero-order valence-electron chi connectivity index (χ0n) is 15.2. The van der Waals surface area contributed by atoms with Gasteiger partial charge >= 0.3 is 0 Å². The van der Waals surface area contributed by atoms with Gasteiger partial charge in [-0.1, -0.05) is 40.4 Å². The number of carbonyl (C=O) groups is 2. The van der Waals surface area contributed by atoms with Gasteiger partial charge in [0.1, 0.15) is 0 Å². The first-order valence-corrected chi connectivity index (χ1v) is 9.80. The first-order valence-electron chi connectivity index (χ1n) is 9.04. The summed E-state index contributed by atoms with van der Waals surface area (Å²) in [5.41, 5.74) is 2.85. The zero-order chi connectivity index (χ0) is 18.8. The van der Waals surface area contributed by atoms with Gasteiger partial charge in [0.2, 0.25) is 5.91 Å². The fraction of sp³-hybridized carbons (Fsp3) is 0.500. The van der Waals surface area contributed by atoms with Gasteiger partial charge in [-0.15, -0.1) is 0 Å². The predicted molar refractivity (Wildman–Crippen MR) is 104 cm³/mol. The van der Waals surface area contributed by atoms with Crippen LogP contribution in [0, 0.1) is 19.8 Å². The third-order valence-corrected chi connectivity index (χ3v) is 5.92. The topological polar surface area (TPSA) is 40.6 Å². The van der Waals surface area contributed by atoms with Gasteiger partial charge in [-0.3, -0.25) is 9.59 Å². The first kappa shape index (κ1) is 19.2. The lowest BCUT2D eigenvalue weighted by molar-refractivity contribution is -0.136. The Balaban J connectivity index is 1.69. The lowest BCUT2D eigenvalue weighted by Crippen LogP contribution is -2.48. The number of rotatable bonds is 2. The molecule has 0 radical (unpaired) electrons. The maximum atomic E-state index is 12.9. The Morgan fingerprint density at radius 1 is 1.00 bits per heavy atom. The quantitative estimate of drug-likeness (QED) is 0.757. The van der Waals surface area contributed by atoms with Crippen molar-refractivity contribution in [1.82, 2.24) is 9.80 Å². The van der Waals surface area contributed by atoms with E-state index in [0.717, 1.165) is 24.0 Å². The number of halogens is 2. The van der Waals surface area contributed by atoms with Gasteiger partial charge in [-0.25, -0.2) is 0 Å². The summed E-state index contributed by atoms with van der Waals surface area (Å²) in [6, 6.07) is 5.88. The zero-order valence-corrected chi connectivity index (χ0v) is 16.7. The second-order valence-electron chi connectivity index (χ2n) is 7.29. The number of hydrogen-bond donors (Lipinski definition) is 0. The van der Waals surface area contributed by atoms with Crippen LogP contribution in [0.2, 0.25) is 0 Å². The van der Waals surface area contributed by atoms with Crippen molar-refractivity contribution in [2.45, 2.75) is 33.1 Å². The smallest absolute Gasteiger partial charge is 0.253 e. The number of aryl methyl sites for hydroxylation is 2. The predicted octanol–water partition coefficient (Wildman–Crippen LogP) is 4.08. The molecule has 2 amide bonds. The molecule has 0 N–H and O–H groups in total. The van der Waals surface area contributed by atoms with E-state index >= 15 is 0 Å². The van der Waals surface area contributed by atoms with E-state index in [1.165, 1.54) is 0 Å². The van der Waals surface area contributed by atoms with Crippen molar-refractivity contribution in [3.05, 3.63) is 45.0 Å². The van der Waals surface area contributed by atoms with Gasteiger partial charge < -0.3 is 9.80 Å². The Labute approximate surface area is 164 Å². The normalized spacial score (nSPS) is 21.2. The molecular weight excluding hydrogens is 371 g/mol. The maximum absolute atomic E-state index is 12.9. The Morgan fingerprint density at radius 3 is 2.35 bits per heavy atom. The van der Waals surface area contributed by atoms with Gasteiger partial charge in [-0.2, -0.15) is 0 Å². The van der Waals surface area contributed by atoms with E-state index in [-0.39, 0.29) is 17.7 Å². The Hall–Kier alpha value is -1.52. The van der Waals surface area contributed by atoms with E-state index in [2.05, 4.69) is 6.07 Å². The van der Waals surface area contributed by atoms with Crippen LogP contribution < -0.4 is 0 Å². The molecule has 2 heterocycles. The van der Waals surface area contributed by atoms with Gasteiger partial charge in [-0.05, 0) is 38.8 Å². The standard InChI is InChI=1S/C20H24Cl2N2O2/c1-13-8-14(2)10-16(9-13)20(26)23-6-3-4-15(11-23)19(25)24-7-5-17(21)18(22)12-24/h8-10,15H,3-7,11-12H2,1-2H3/t15-/m0/s1. The minimum absolute atomic E-state index is 0.00826. The third kappa shape index (κ3) is 4.24. The van der Waals surface area contributed by atoms with Crippen molar-refractivity contribution in [3.63, 3.8) is 0 Å². The number of nitrogens with zero attached hydrogens (tertiary/aromatic N) is 2. The summed E-state index contributed by atoms with van der Waals surface area (Å²) in [5.74, 6) is -0.0842. The molecule has 140 valence electrons. The molecule has 3 rings (SSSR count). The molecular formula is C20H24Cl2N2O2. The van der Waals surface area contributed by atoms with E-state index in [1.807, 2.05) is 30.9 Å². The highest BCUT2D eigenvalue weighted by Gasteiger charge is 2.33. The number of amides is 2. The number of carbonyl (C=O) groups excluding carboxylic acids is 2. The van der Waals surface area contributed by atoms with E-state index in [1.54, 1.807) is 4.90 Å². The Morgan fingerprint density at radius 2 is 1.69 bits per heavy atom. The molecule has 6 heteroatoms. The summed E-state index contributed by atoms with van der Waals surface area (Å²) < 4.78 is 0. The van der Waals surface area contributed by atoms with E-state index < -0.39 is 0 Å². The number of hydrogen-bond acceptors (Lipinski definition) is 2. The summed E-state index contributed by atoms with van der Waals surface area (Å²) in [6.07, 6.45) is 2.25. The first-order chi connectivity index (χ1) is 12.3. The molecule has 1 saturated heterocycles. The summed E-state index contributed by atoms with van der Waals surface area (Å²) >= 11 is 12.2. The van der Waals surface area contributed by atoms with Crippen LogP contribution in [0.5, 0.6) is 0 Å². The average molecular weight is 395 g/mol. The third-order valence-electron chi connectivity index (χ3n) is 5.06. The van der Waals surface area contributed by atoms with Crippen LogP contribution in [0.1, 0.15) is 40.7 Å². The van der Waals surface area contributed by atoms with Crippen molar-refractivity contribution in [3.8, 4) is 0 Å². The van der Waals surface area contributed by atoms with Gasteiger partial charge in [0, 0.05) is 36.7 Å². The maximum Gasteiger partial charge on any atom is 0.253 e. The fourth-order valence-corrected chi connectivity index (χ4v) is 4.17. The molecule has 2 aliphatic heterocycles. The second-order valence-corrected chi connectivity index (χ2v) is 8.20. The molecule has 1 aromatic rings. The van der Waals surface area contributed by atoms with E-state index in [0.29, 0.717) is 48.2 Å². The van der Waals surface area contributed by atoms with Crippen LogP contribution in [0.3, 0.4) is 0 Å². The fourth-order valence-electron chi connectivity index (χ4n) is 3.79. The largest absolute Gasteiger partial charge is 0.338 e. The molecule has 4 nitrogen and oxygen atoms in total. The molecule has 0 bridgehead atoms. The van der Waals surface area contributed by atoms with Gasteiger partial charge in [0.05, 0.1) is 17.5 Å². The SMILES string of the molecule is Cc1cc(C)cc(C(=O)N2CCC[C@H](C(=O)N3CCC(Cl)=C(Cl)C3)C2)c1. The molecule has 0 saturated carbocycles. The van der Waals surface area contributed by atoms with Crippen LogP contribution in [-0.2, 0) is 4.79 Å². The minimum Gasteiger partial charge on any atom is -0.338 e. The van der Waals surface area contributed by atoms with Crippen molar-refractivity contribution in [1.29, 1.82) is 0 Å². The summed E-state index contributed by atoms with van der Waals surface area (Å²) in [4.78, 5) is 29.4. The summed E-state index contributed by atoms with van der Waals surface area (Å²) in [7, 11) is 0. The molecule has 0 aliphatic carbocycles. The average Bonchev–Trinajstić information content (AvgIpc) is 2.62. The Kier molecular flexibility index (Phi) is 5.93. The molecule has 2 aliphatic rings. The van der Waals surface area contributed by atoms with E-state index in [9.17, 15) is 9.59 Å². The van der Waals surface area contributed by atoms with Crippen molar-refractivity contribution >= 4 is 35.0 Å². The molecule has 1 aromatic carbocycles. The van der Waals surface area contributed by atoms with Crippen LogP contribution in [0.4, 0.5) is 0 Å². The molecule has 0 spiro atoms. The van der Waals surface area contributed by atoms with Crippen LogP contribution in [0.25, 0.3) is 0 Å². The van der Waals surface area contributed by atoms with Gasteiger partial charge in [0.25, 0.3) is 5.91 Å². The highest BCUT2D eigenvalue weighted by molar-refractivity contribution is 6.39. The number of benzene rings is 1. The molecule has 26 heavy (non-hydrogen) atoms. The number of piperidine rings is 1. The van der Waals surface area contributed by atoms with Crippen LogP contribution in [0.15, 0.2) is 28.3 Å². The van der Waals surface area contributed by atoms with Crippen molar-refractivity contribution in [2.24, 2.45) is 5.92 Å². The van der Waals surface area contributed by atoms with Crippen molar-refractivity contribution < 1.29 is 9.59 Å². The summed E-state index contributed by atoms with van der Waals surface area (Å²) in [6.45, 7) is 6.12. The highest BCUT2D eigenvalue weighted by atomic mass is 35.5. The number of likely N-dealkylation sites (tertiary alicyclic amines) is 1. The Bertz CT molecular complexity index is 740. The molecule has 1 atom stereocenters. The molecule has 0 aromatic heterocycles. The molecule has 1 fully saturated rings.